The zero-order chi connectivity index (χ0) is 35.4. The summed E-state index contributed by atoms with van der Waals surface area (Å²) in [5, 5.41) is 4.38. The third-order valence-corrected chi connectivity index (χ3v) is 12.9. The monoisotopic (exact) mass is 699 g/mol. The number of para-hydroxylation sites is 4. The number of furan rings is 2. The third-order valence-electron chi connectivity index (χ3n) is 12.9. The van der Waals surface area contributed by atoms with Crippen LogP contribution in [0.5, 0.6) is 0 Å². The number of nitrogens with zero attached hydrogens (tertiary/aromatic N) is 3. The minimum atomic E-state index is 0.341. The molecule has 4 aliphatic rings. The van der Waals surface area contributed by atoms with Crippen LogP contribution < -0.4 is 0 Å². The molecule has 0 saturated heterocycles. The first-order valence-electron chi connectivity index (χ1n) is 19.4. The van der Waals surface area contributed by atoms with E-state index < -0.39 is 0 Å². The molecule has 4 bridgehead atoms. The summed E-state index contributed by atoms with van der Waals surface area (Å²) in [7, 11) is 0. The van der Waals surface area contributed by atoms with Gasteiger partial charge in [0.15, 0.2) is 17.5 Å². The van der Waals surface area contributed by atoms with Crippen molar-refractivity contribution >= 4 is 43.9 Å². The number of aromatic nitrogens is 3. The molecule has 13 rings (SSSR count). The van der Waals surface area contributed by atoms with E-state index in [1.54, 1.807) is 0 Å². The molecular formula is C49H37N3O2. The SMILES string of the molecule is c1ccc2c(c1)oc1c(-c3ccc(-c4nc(-c5ccc(C67CC8CC(CC(C8)C6)C7)cc5)nc(-c5cccc6c5oc5ccccc56)n4)cc3)cccc12. The highest BCUT2D eigenvalue weighted by Gasteiger charge is 2.51. The fourth-order valence-corrected chi connectivity index (χ4v) is 10.9. The van der Waals surface area contributed by atoms with Crippen molar-refractivity contribution in [2.75, 3.05) is 0 Å². The van der Waals surface area contributed by atoms with Crippen LogP contribution in [0.15, 0.2) is 142 Å². The van der Waals surface area contributed by atoms with Crippen LogP contribution in [0, 0.1) is 17.8 Å². The lowest BCUT2D eigenvalue weighted by atomic mass is 9.48. The molecule has 6 aromatic carbocycles. The molecule has 5 heteroatoms. The molecule has 54 heavy (non-hydrogen) atoms. The Bertz CT molecular complexity index is 2880. The molecule has 9 aromatic rings. The second kappa shape index (κ2) is 11.5. The normalized spacial score (nSPS) is 21.9. The van der Waals surface area contributed by atoms with Gasteiger partial charge in [0.25, 0.3) is 0 Å². The van der Waals surface area contributed by atoms with Crippen LogP contribution in [-0.2, 0) is 5.41 Å². The molecule has 0 spiro atoms. The van der Waals surface area contributed by atoms with Crippen molar-refractivity contribution in [2.24, 2.45) is 17.8 Å². The zero-order valence-electron chi connectivity index (χ0n) is 29.8. The molecule has 0 N–H and O–H groups in total. The van der Waals surface area contributed by atoms with E-state index in [0.717, 1.165) is 89.4 Å². The topological polar surface area (TPSA) is 65.0 Å². The molecule has 0 atom stereocenters. The molecule has 3 aromatic heterocycles. The van der Waals surface area contributed by atoms with Gasteiger partial charge in [-0.05, 0) is 91.0 Å². The molecule has 4 aliphatic carbocycles. The number of hydrogen-bond donors (Lipinski definition) is 0. The average Bonchev–Trinajstić information content (AvgIpc) is 3.79. The quantitative estimate of drug-likeness (QED) is 0.179. The second-order valence-corrected chi connectivity index (χ2v) is 16.2. The van der Waals surface area contributed by atoms with E-state index in [4.69, 9.17) is 23.8 Å². The van der Waals surface area contributed by atoms with Crippen molar-refractivity contribution in [3.05, 3.63) is 139 Å². The summed E-state index contributed by atoms with van der Waals surface area (Å²) in [5.74, 6) is 4.61. The molecule has 5 nitrogen and oxygen atoms in total. The summed E-state index contributed by atoms with van der Waals surface area (Å²) in [6.45, 7) is 0. The van der Waals surface area contributed by atoms with E-state index in [1.807, 2.05) is 24.3 Å². The number of fused-ring (bicyclic) bond motifs is 6. The van der Waals surface area contributed by atoms with Crippen LogP contribution in [0.2, 0.25) is 0 Å². The second-order valence-electron chi connectivity index (χ2n) is 16.2. The fraction of sp³-hybridized carbons (Fsp3) is 0.204. The number of hydrogen-bond acceptors (Lipinski definition) is 5. The lowest BCUT2D eigenvalue weighted by Crippen LogP contribution is -2.48. The van der Waals surface area contributed by atoms with Crippen LogP contribution in [0.25, 0.3) is 89.2 Å². The Morgan fingerprint density at radius 1 is 0.407 bits per heavy atom. The Hall–Kier alpha value is -6.07. The molecular weight excluding hydrogens is 663 g/mol. The Labute approximate surface area is 312 Å². The average molecular weight is 700 g/mol. The minimum Gasteiger partial charge on any atom is -0.455 e. The standard InChI is InChI=1S/C49H37N3O2/c1-3-13-42-37(7-1)39-10-5-9-36(44(39)53-42)32-15-17-33(18-16-32)46-50-47(34-19-21-35(22-20-34)49-26-29-23-30(27-49)25-31(24-29)28-49)52-48(51-46)41-12-6-11-40-38-8-2-4-14-43(38)54-45(40)41/h1-22,29-31H,23-28H2. The van der Waals surface area contributed by atoms with Crippen molar-refractivity contribution in [3.63, 3.8) is 0 Å². The summed E-state index contributed by atoms with van der Waals surface area (Å²) in [6, 6.07) is 46.7. The van der Waals surface area contributed by atoms with Crippen LogP contribution in [0.4, 0.5) is 0 Å². The van der Waals surface area contributed by atoms with Crippen LogP contribution in [0.1, 0.15) is 44.1 Å². The Kier molecular flexibility index (Phi) is 6.45. The molecule has 260 valence electrons. The number of rotatable bonds is 5. The predicted molar refractivity (Wildman–Crippen MR) is 216 cm³/mol. The van der Waals surface area contributed by atoms with Gasteiger partial charge in [-0.1, -0.05) is 115 Å². The van der Waals surface area contributed by atoms with Crippen LogP contribution in [-0.4, -0.2) is 15.0 Å². The van der Waals surface area contributed by atoms with Crippen molar-refractivity contribution in [1.29, 1.82) is 0 Å². The van der Waals surface area contributed by atoms with Gasteiger partial charge in [-0.2, -0.15) is 0 Å². The predicted octanol–water partition coefficient (Wildman–Crippen LogP) is 12.8. The highest BCUT2D eigenvalue weighted by Crippen LogP contribution is 2.60. The van der Waals surface area contributed by atoms with Crippen LogP contribution >= 0.6 is 0 Å². The van der Waals surface area contributed by atoms with Gasteiger partial charge < -0.3 is 8.83 Å². The summed E-state index contributed by atoms with van der Waals surface area (Å²) in [6.07, 6.45) is 8.38. The van der Waals surface area contributed by atoms with E-state index in [9.17, 15) is 0 Å². The Morgan fingerprint density at radius 2 is 0.852 bits per heavy atom. The molecule has 0 radical (unpaired) electrons. The molecule has 4 fully saturated rings. The van der Waals surface area contributed by atoms with E-state index in [0.29, 0.717) is 22.9 Å². The maximum Gasteiger partial charge on any atom is 0.167 e. The molecule has 4 saturated carbocycles. The number of benzene rings is 6. The first kappa shape index (κ1) is 30.4. The third kappa shape index (κ3) is 4.67. The summed E-state index contributed by atoms with van der Waals surface area (Å²) >= 11 is 0. The van der Waals surface area contributed by atoms with Crippen molar-refractivity contribution in [2.45, 2.75) is 43.9 Å². The highest BCUT2D eigenvalue weighted by atomic mass is 16.3. The van der Waals surface area contributed by atoms with Gasteiger partial charge in [0, 0.05) is 38.2 Å². The zero-order valence-corrected chi connectivity index (χ0v) is 29.8. The van der Waals surface area contributed by atoms with Crippen molar-refractivity contribution in [1.82, 2.24) is 15.0 Å². The lowest BCUT2D eigenvalue weighted by Gasteiger charge is -2.57. The maximum absolute atomic E-state index is 6.47. The maximum atomic E-state index is 6.47. The van der Waals surface area contributed by atoms with E-state index in [2.05, 4.69) is 109 Å². The Balaban J connectivity index is 0.974. The largest absolute Gasteiger partial charge is 0.455 e. The smallest absolute Gasteiger partial charge is 0.167 e. The van der Waals surface area contributed by atoms with Gasteiger partial charge in [-0.25, -0.2) is 15.0 Å². The first-order chi connectivity index (χ1) is 26.6. The minimum absolute atomic E-state index is 0.341. The van der Waals surface area contributed by atoms with E-state index in [-0.39, 0.29) is 0 Å². The fourth-order valence-electron chi connectivity index (χ4n) is 10.9. The van der Waals surface area contributed by atoms with Gasteiger partial charge in [0.1, 0.15) is 22.3 Å². The van der Waals surface area contributed by atoms with Gasteiger partial charge in [-0.15, -0.1) is 0 Å². The highest BCUT2D eigenvalue weighted by molar-refractivity contribution is 6.10. The van der Waals surface area contributed by atoms with Gasteiger partial charge >= 0.3 is 0 Å². The first-order valence-corrected chi connectivity index (χ1v) is 19.4. The van der Waals surface area contributed by atoms with E-state index >= 15 is 0 Å². The van der Waals surface area contributed by atoms with Gasteiger partial charge in [0.2, 0.25) is 0 Å². The summed E-state index contributed by atoms with van der Waals surface area (Å²) < 4.78 is 12.8. The lowest BCUT2D eigenvalue weighted by molar-refractivity contribution is -0.00518. The molecule has 0 unspecified atom stereocenters. The Morgan fingerprint density at radius 3 is 1.43 bits per heavy atom. The summed E-state index contributed by atoms with van der Waals surface area (Å²) in [5.41, 5.74) is 10.2. The summed E-state index contributed by atoms with van der Waals surface area (Å²) in [4.78, 5) is 15.5. The molecule has 0 amide bonds. The van der Waals surface area contributed by atoms with Crippen LogP contribution in [0.3, 0.4) is 0 Å². The van der Waals surface area contributed by atoms with Crippen molar-refractivity contribution in [3.8, 4) is 45.3 Å². The molecule has 0 aliphatic heterocycles. The van der Waals surface area contributed by atoms with Gasteiger partial charge in [-0.3, -0.25) is 0 Å². The molecule has 3 heterocycles. The van der Waals surface area contributed by atoms with Crippen molar-refractivity contribution < 1.29 is 8.83 Å². The van der Waals surface area contributed by atoms with Gasteiger partial charge in [0.05, 0.1) is 5.56 Å². The van der Waals surface area contributed by atoms with E-state index in [1.165, 1.54) is 44.1 Å².